The highest BCUT2D eigenvalue weighted by Crippen LogP contribution is 2.34. The van der Waals surface area contributed by atoms with Gasteiger partial charge in [-0.2, -0.15) is 0 Å². The standard InChI is InChI=1S/C22H18FNO2/c23-17-9-7-15(8-10-17)16-12-18(14-19(25)13-16)24-21-5-2-1-4-20(21)22-6-3-11-26-22/h1-11,14,16,24H,12-13H2. The van der Waals surface area contributed by atoms with Gasteiger partial charge in [0.1, 0.15) is 11.6 Å². The van der Waals surface area contributed by atoms with E-state index in [0.717, 1.165) is 28.3 Å². The van der Waals surface area contributed by atoms with E-state index in [-0.39, 0.29) is 17.5 Å². The number of hydrogen-bond acceptors (Lipinski definition) is 3. The van der Waals surface area contributed by atoms with Crippen molar-refractivity contribution < 1.29 is 13.6 Å². The predicted octanol–water partition coefficient (Wildman–Crippen LogP) is 5.53. The number of carbonyl (C=O) groups excluding carboxylic acids is 1. The summed E-state index contributed by atoms with van der Waals surface area (Å²) in [4.78, 5) is 12.2. The van der Waals surface area contributed by atoms with Crippen molar-refractivity contribution in [1.82, 2.24) is 0 Å². The highest BCUT2D eigenvalue weighted by Gasteiger charge is 2.23. The molecule has 1 aliphatic carbocycles. The normalized spacial score (nSPS) is 17.0. The Balaban J connectivity index is 1.59. The third-order valence-electron chi connectivity index (χ3n) is 4.60. The van der Waals surface area contributed by atoms with Crippen LogP contribution in [0.4, 0.5) is 10.1 Å². The largest absolute Gasteiger partial charge is 0.464 e. The van der Waals surface area contributed by atoms with Crippen LogP contribution in [0, 0.1) is 5.82 Å². The van der Waals surface area contributed by atoms with Crippen molar-refractivity contribution in [1.29, 1.82) is 0 Å². The van der Waals surface area contributed by atoms with E-state index in [4.69, 9.17) is 4.42 Å². The van der Waals surface area contributed by atoms with Gasteiger partial charge in [0.2, 0.25) is 0 Å². The zero-order chi connectivity index (χ0) is 17.9. The smallest absolute Gasteiger partial charge is 0.158 e. The van der Waals surface area contributed by atoms with Crippen LogP contribution >= 0.6 is 0 Å². The van der Waals surface area contributed by atoms with E-state index < -0.39 is 0 Å². The van der Waals surface area contributed by atoms with Crippen molar-refractivity contribution >= 4 is 11.5 Å². The van der Waals surface area contributed by atoms with Crippen molar-refractivity contribution in [3.63, 3.8) is 0 Å². The SMILES string of the molecule is O=C1C=C(Nc2ccccc2-c2ccco2)CC(c2ccc(F)cc2)C1. The fourth-order valence-corrected chi connectivity index (χ4v) is 3.36. The van der Waals surface area contributed by atoms with Gasteiger partial charge in [0.15, 0.2) is 5.78 Å². The lowest BCUT2D eigenvalue weighted by Crippen LogP contribution is -2.17. The van der Waals surface area contributed by atoms with Gasteiger partial charge in [0, 0.05) is 29.4 Å². The molecular formula is C22H18FNO2. The van der Waals surface area contributed by atoms with E-state index in [1.807, 2.05) is 36.4 Å². The maximum Gasteiger partial charge on any atom is 0.158 e. The van der Waals surface area contributed by atoms with Crippen molar-refractivity contribution in [2.75, 3.05) is 5.32 Å². The van der Waals surface area contributed by atoms with Gasteiger partial charge < -0.3 is 9.73 Å². The molecule has 2 aromatic carbocycles. The summed E-state index contributed by atoms with van der Waals surface area (Å²) in [5.41, 5.74) is 3.66. The zero-order valence-corrected chi connectivity index (χ0v) is 14.1. The van der Waals surface area contributed by atoms with Crippen LogP contribution in [0.5, 0.6) is 0 Å². The molecule has 0 radical (unpaired) electrons. The molecular weight excluding hydrogens is 329 g/mol. The first-order valence-electron chi connectivity index (χ1n) is 8.58. The highest BCUT2D eigenvalue weighted by molar-refractivity contribution is 5.93. The quantitative estimate of drug-likeness (QED) is 0.675. The molecule has 4 rings (SSSR count). The minimum Gasteiger partial charge on any atom is -0.464 e. The number of halogens is 1. The number of allylic oxidation sites excluding steroid dienone is 2. The lowest BCUT2D eigenvalue weighted by atomic mass is 9.85. The predicted molar refractivity (Wildman–Crippen MR) is 99.2 cm³/mol. The fourth-order valence-electron chi connectivity index (χ4n) is 3.36. The Bertz CT molecular complexity index is 943. The van der Waals surface area contributed by atoms with Gasteiger partial charge >= 0.3 is 0 Å². The first-order valence-corrected chi connectivity index (χ1v) is 8.58. The Labute approximate surface area is 151 Å². The van der Waals surface area contributed by atoms with Crippen molar-refractivity contribution in [3.8, 4) is 11.3 Å². The Morgan fingerprint density at radius 2 is 1.77 bits per heavy atom. The maximum absolute atomic E-state index is 13.2. The molecule has 0 aliphatic heterocycles. The molecule has 130 valence electrons. The number of furan rings is 1. The van der Waals surface area contributed by atoms with Gasteiger partial charge in [-0.3, -0.25) is 4.79 Å². The average molecular weight is 347 g/mol. The van der Waals surface area contributed by atoms with Gasteiger partial charge in [-0.1, -0.05) is 24.3 Å². The third kappa shape index (κ3) is 3.45. The average Bonchev–Trinajstić information content (AvgIpc) is 3.17. The summed E-state index contributed by atoms with van der Waals surface area (Å²) in [6, 6.07) is 18.0. The van der Waals surface area contributed by atoms with Gasteiger partial charge in [-0.25, -0.2) is 4.39 Å². The molecule has 3 nitrogen and oxygen atoms in total. The van der Waals surface area contributed by atoms with Crippen LogP contribution in [-0.4, -0.2) is 5.78 Å². The minimum absolute atomic E-state index is 0.0476. The molecule has 26 heavy (non-hydrogen) atoms. The molecule has 0 spiro atoms. The molecule has 0 saturated heterocycles. The lowest BCUT2D eigenvalue weighted by Gasteiger charge is -2.24. The number of anilines is 1. The second kappa shape index (κ2) is 7.00. The number of benzene rings is 2. The van der Waals surface area contributed by atoms with Crippen molar-refractivity contribution in [3.05, 3.63) is 90.1 Å². The summed E-state index contributed by atoms with van der Waals surface area (Å²) in [5, 5.41) is 3.39. The molecule has 1 aromatic heterocycles. The molecule has 0 amide bonds. The van der Waals surface area contributed by atoms with Crippen molar-refractivity contribution in [2.45, 2.75) is 18.8 Å². The first-order chi connectivity index (χ1) is 12.7. The van der Waals surface area contributed by atoms with Gasteiger partial charge in [0.25, 0.3) is 0 Å². The molecule has 0 bridgehead atoms. The van der Waals surface area contributed by atoms with Crippen LogP contribution in [0.2, 0.25) is 0 Å². The van der Waals surface area contributed by atoms with Crippen LogP contribution < -0.4 is 5.32 Å². The Morgan fingerprint density at radius 1 is 0.962 bits per heavy atom. The monoisotopic (exact) mass is 347 g/mol. The van der Waals surface area contributed by atoms with E-state index >= 15 is 0 Å². The lowest BCUT2D eigenvalue weighted by molar-refractivity contribution is -0.115. The zero-order valence-electron chi connectivity index (χ0n) is 14.1. The minimum atomic E-state index is -0.267. The molecule has 4 heteroatoms. The topological polar surface area (TPSA) is 42.2 Å². The Hall–Kier alpha value is -3.14. The second-order valence-corrected chi connectivity index (χ2v) is 6.44. The molecule has 1 atom stereocenters. The number of carbonyl (C=O) groups is 1. The van der Waals surface area contributed by atoms with Crippen LogP contribution in [0.3, 0.4) is 0 Å². The van der Waals surface area contributed by atoms with Crippen molar-refractivity contribution in [2.24, 2.45) is 0 Å². The highest BCUT2D eigenvalue weighted by atomic mass is 19.1. The third-order valence-corrected chi connectivity index (χ3v) is 4.60. The van der Waals surface area contributed by atoms with E-state index in [2.05, 4.69) is 5.32 Å². The summed E-state index contributed by atoms with van der Waals surface area (Å²) in [7, 11) is 0. The Morgan fingerprint density at radius 3 is 2.54 bits per heavy atom. The number of ketones is 1. The summed E-state index contributed by atoms with van der Waals surface area (Å²) < 4.78 is 18.7. The summed E-state index contributed by atoms with van der Waals surface area (Å²) in [5.74, 6) is 0.623. The number of para-hydroxylation sites is 1. The van der Waals surface area contributed by atoms with Gasteiger partial charge in [-0.05, 0) is 54.3 Å². The molecule has 1 heterocycles. The summed E-state index contributed by atoms with van der Waals surface area (Å²) in [6.45, 7) is 0. The Kier molecular flexibility index (Phi) is 4.40. The van der Waals surface area contributed by atoms with Crippen LogP contribution in [-0.2, 0) is 4.79 Å². The van der Waals surface area contributed by atoms with Gasteiger partial charge in [-0.15, -0.1) is 0 Å². The summed E-state index contributed by atoms with van der Waals surface area (Å²) >= 11 is 0. The fraction of sp³-hybridized carbons (Fsp3) is 0.136. The molecule has 1 unspecified atom stereocenters. The maximum atomic E-state index is 13.2. The molecule has 1 N–H and O–H groups in total. The number of nitrogens with one attached hydrogen (secondary N) is 1. The van der Waals surface area contributed by atoms with Crippen LogP contribution in [0.25, 0.3) is 11.3 Å². The van der Waals surface area contributed by atoms with E-state index in [1.165, 1.54) is 12.1 Å². The molecule has 0 saturated carbocycles. The van der Waals surface area contributed by atoms with E-state index in [1.54, 1.807) is 24.5 Å². The number of hydrogen-bond donors (Lipinski definition) is 1. The first kappa shape index (κ1) is 16.3. The second-order valence-electron chi connectivity index (χ2n) is 6.44. The number of rotatable bonds is 4. The van der Waals surface area contributed by atoms with Crippen LogP contribution in [0.15, 0.2) is 83.1 Å². The molecule has 0 fully saturated rings. The van der Waals surface area contributed by atoms with Gasteiger partial charge in [0.05, 0.1) is 6.26 Å². The van der Waals surface area contributed by atoms with E-state index in [9.17, 15) is 9.18 Å². The molecule has 1 aliphatic rings. The molecule has 3 aromatic rings. The van der Waals surface area contributed by atoms with Crippen LogP contribution in [0.1, 0.15) is 24.3 Å². The van der Waals surface area contributed by atoms with E-state index in [0.29, 0.717) is 12.8 Å². The summed E-state index contributed by atoms with van der Waals surface area (Å²) in [6.07, 6.45) is 4.44.